The van der Waals surface area contributed by atoms with Crippen LogP contribution in [0.2, 0.25) is 0 Å². The minimum absolute atomic E-state index is 0.0972. The van der Waals surface area contributed by atoms with Gasteiger partial charge in [-0.1, -0.05) is 25.0 Å². The molecule has 158 valence electrons. The first-order valence-electron chi connectivity index (χ1n) is 10.8. The number of carbonyl (C=O) groups is 2. The van der Waals surface area contributed by atoms with E-state index in [2.05, 4.69) is 15.5 Å². The average Bonchev–Trinajstić information content (AvgIpc) is 3.43. The molecule has 1 saturated carbocycles. The number of nitrogens with one attached hydrogen (secondary N) is 2. The van der Waals surface area contributed by atoms with Crippen LogP contribution in [0, 0.1) is 5.92 Å². The lowest BCUT2D eigenvalue weighted by atomic mass is 9.97. The number of hydrogen-bond donors (Lipinski definition) is 2. The summed E-state index contributed by atoms with van der Waals surface area (Å²) in [5.41, 5.74) is 1.10. The number of benzene rings is 1. The number of anilines is 1. The smallest absolute Gasteiger partial charge is 0.253 e. The van der Waals surface area contributed by atoms with Crippen LogP contribution in [0.4, 0.5) is 5.69 Å². The van der Waals surface area contributed by atoms with E-state index in [9.17, 15) is 9.59 Å². The van der Waals surface area contributed by atoms with E-state index in [0.29, 0.717) is 36.9 Å². The van der Waals surface area contributed by atoms with Gasteiger partial charge in [-0.3, -0.25) is 14.5 Å². The van der Waals surface area contributed by atoms with Crippen molar-refractivity contribution in [2.24, 2.45) is 5.92 Å². The Bertz CT molecular complexity index is 714. The lowest BCUT2D eigenvalue weighted by molar-refractivity contribution is -0.121. The van der Waals surface area contributed by atoms with Crippen LogP contribution in [0.1, 0.15) is 48.9 Å². The number of amides is 2. The second kappa shape index (κ2) is 9.69. The molecule has 2 amide bonds. The summed E-state index contributed by atoms with van der Waals surface area (Å²) in [6, 6.07) is 7.48. The number of nitrogens with zero attached hydrogens (tertiary/aromatic N) is 1. The monoisotopic (exact) mass is 401 g/mol. The van der Waals surface area contributed by atoms with Crippen LogP contribution in [0.25, 0.3) is 0 Å². The fourth-order valence-corrected chi connectivity index (χ4v) is 4.62. The summed E-state index contributed by atoms with van der Waals surface area (Å²) < 4.78 is 11.3. The van der Waals surface area contributed by atoms with Gasteiger partial charge in [0.15, 0.2) is 6.29 Å². The van der Waals surface area contributed by atoms with Crippen molar-refractivity contribution in [3.05, 3.63) is 29.8 Å². The molecule has 2 N–H and O–H groups in total. The van der Waals surface area contributed by atoms with Gasteiger partial charge < -0.3 is 20.1 Å². The van der Waals surface area contributed by atoms with Gasteiger partial charge in [0.2, 0.25) is 5.91 Å². The van der Waals surface area contributed by atoms with Crippen LogP contribution in [0.3, 0.4) is 0 Å². The van der Waals surface area contributed by atoms with Crippen molar-refractivity contribution < 1.29 is 19.1 Å². The highest BCUT2D eigenvalue weighted by molar-refractivity contribution is 6.04. The van der Waals surface area contributed by atoms with Crippen molar-refractivity contribution in [2.45, 2.75) is 50.9 Å². The number of likely N-dealkylation sites (tertiary alicyclic amines) is 1. The van der Waals surface area contributed by atoms with E-state index in [0.717, 1.165) is 51.6 Å². The Morgan fingerprint density at radius 3 is 2.59 bits per heavy atom. The molecule has 7 nitrogen and oxygen atoms in total. The Hall–Kier alpha value is -1.96. The second-order valence-corrected chi connectivity index (χ2v) is 8.30. The molecule has 3 fully saturated rings. The lowest BCUT2D eigenvalue weighted by Gasteiger charge is -2.34. The maximum absolute atomic E-state index is 12.7. The standard InChI is InChI=1S/C22H31N3O4/c26-20(15-25-11-5-6-16(14-25)22-28-12-13-29-22)24-19-10-4-3-9-18(19)21(27)23-17-7-1-2-8-17/h3-4,9-10,16-17,22H,1-2,5-8,11-15H2,(H,23,27)(H,24,26)/t16-/m1/s1. The molecule has 2 aliphatic heterocycles. The van der Waals surface area contributed by atoms with E-state index in [1.165, 1.54) is 0 Å². The third kappa shape index (κ3) is 5.35. The van der Waals surface area contributed by atoms with Crippen LogP contribution in [0.15, 0.2) is 24.3 Å². The zero-order valence-corrected chi connectivity index (χ0v) is 16.9. The molecule has 1 aromatic rings. The van der Waals surface area contributed by atoms with E-state index in [1.807, 2.05) is 12.1 Å². The number of ether oxygens (including phenoxy) is 2. The first-order valence-corrected chi connectivity index (χ1v) is 10.8. The number of piperidine rings is 1. The van der Waals surface area contributed by atoms with E-state index in [1.54, 1.807) is 12.1 Å². The Balaban J connectivity index is 1.32. The molecule has 7 heteroatoms. The van der Waals surface area contributed by atoms with Crippen LogP contribution >= 0.6 is 0 Å². The summed E-state index contributed by atoms with van der Waals surface area (Å²) in [5, 5.41) is 6.04. The largest absolute Gasteiger partial charge is 0.350 e. The van der Waals surface area contributed by atoms with E-state index in [4.69, 9.17) is 9.47 Å². The van der Waals surface area contributed by atoms with Gasteiger partial charge in [-0.05, 0) is 44.4 Å². The Morgan fingerprint density at radius 1 is 1.03 bits per heavy atom. The van der Waals surface area contributed by atoms with Gasteiger partial charge in [0, 0.05) is 18.5 Å². The summed E-state index contributed by atoms with van der Waals surface area (Å²) in [5.74, 6) is 0.102. The van der Waals surface area contributed by atoms with Gasteiger partial charge in [-0.2, -0.15) is 0 Å². The molecule has 29 heavy (non-hydrogen) atoms. The molecule has 0 unspecified atom stereocenters. The van der Waals surface area contributed by atoms with Crippen molar-refractivity contribution in [1.29, 1.82) is 0 Å². The van der Waals surface area contributed by atoms with Crippen LogP contribution < -0.4 is 10.6 Å². The molecule has 2 heterocycles. The van der Waals surface area contributed by atoms with Gasteiger partial charge >= 0.3 is 0 Å². The van der Waals surface area contributed by atoms with Crippen molar-refractivity contribution in [2.75, 3.05) is 38.2 Å². The van der Waals surface area contributed by atoms with Crippen molar-refractivity contribution in [1.82, 2.24) is 10.2 Å². The molecule has 0 aromatic heterocycles. The van der Waals surface area contributed by atoms with Crippen molar-refractivity contribution in [3.8, 4) is 0 Å². The van der Waals surface area contributed by atoms with E-state index >= 15 is 0 Å². The first kappa shape index (κ1) is 20.3. The molecule has 1 aliphatic carbocycles. The summed E-state index contributed by atoms with van der Waals surface area (Å²) >= 11 is 0. The molecule has 3 aliphatic rings. The quantitative estimate of drug-likeness (QED) is 0.765. The van der Waals surface area contributed by atoms with E-state index < -0.39 is 0 Å². The third-order valence-electron chi connectivity index (χ3n) is 6.08. The van der Waals surface area contributed by atoms with Crippen LogP contribution in [-0.2, 0) is 14.3 Å². The van der Waals surface area contributed by atoms with Crippen molar-refractivity contribution in [3.63, 3.8) is 0 Å². The zero-order valence-electron chi connectivity index (χ0n) is 16.9. The highest BCUT2D eigenvalue weighted by atomic mass is 16.7. The van der Waals surface area contributed by atoms with Gasteiger partial charge in [-0.25, -0.2) is 0 Å². The third-order valence-corrected chi connectivity index (χ3v) is 6.08. The summed E-state index contributed by atoms with van der Waals surface area (Å²) in [6.07, 6.45) is 6.35. The number of rotatable bonds is 6. The van der Waals surface area contributed by atoms with E-state index in [-0.39, 0.29) is 24.1 Å². The van der Waals surface area contributed by atoms with Gasteiger partial charge in [0.05, 0.1) is 31.0 Å². The second-order valence-electron chi connectivity index (χ2n) is 8.30. The lowest BCUT2D eigenvalue weighted by Crippen LogP contribution is -2.44. The normalized spacial score (nSPS) is 23.9. The minimum atomic E-state index is -0.138. The van der Waals surface area contributed by atoms with Crippen LogP contribution in [-0.4, -0.2) is 61.9 Å². The predicted octanol–water partition coefficient (Wildman–Crippen LogP) is 2.38. The SMILES string of the molecule is O=C(CN1CCC[C@@H](C2OCCO2)C1)Nc1ccccc1C(=O)NC1CCCC1. The van der Waals surface area contributed by atoms with Gasteiger partial charge in [0.25, 0.3) is 5.91 Å². The Kier molecular flexibility index (Phi) is 6.79. The molecule has 0 radical (unpaired) electrons. The van der Waals surface area contributed by atoms with Gasteiger partial charge in [-0.15, -0.1) is 0 Å². The number of hydrogen-bond acceptors (Lipinski definition) is 5. The number of carbonyl (C=O) groups excluding carboxylic acids is 2. The predicted molar refractivity (Wildman–Crippen MR) is 110 cm³/mol. The Labute approximate surface area is 172 Å². The molecule has 1 atom stereocenters. The average molecular weight is 402 g/mol. The summed E-state index contributed by atoms with van der Waals surface area (Å²) in [4.78, 5) is 27.5. The molecule has 4 rings (SSSR count). The van der Waals surface area contributed by atoms with Crippen LogP contribution in [0.5, 0.6) is 0 Å². The highest BCUT2D eigenvalue weighted by Crippen LogP contribution is 2.25. The zero-order chi connectivity index (χ0) is 20.1. The molecular weight excluding hydrogens is 370 g/mol. The number of para-hydroxylation sites is 1. The molecule has 0 spiro atoms. The maximum atomic E-state index is 12.7. The molecule has 1 aromatic carbocycles. The fourth-order valence-electron chi connectivity index (χ4n) is 4.62. The molecular formula is C22H31N3O4. The Morgan fingerprint density at radius 2 is 1.79 bits per heavy atom. The summed E-state index contributed by atoms with van der Waals surface area (Å²) in [6.45, 7) is 3.30. The maximum Gasteiger partial charge on any atom is 0.253 e. The first-order chi connectivity index (χ1) is 14.2. The topological polar surface area (TPSA) is 79.9 Å². The van der Waals surface area contributed by atoms with Gasteiger partial charge in [0.1, 0.15) is 0 Å². The minimum Gasteiger partial charge on any atom is -0.350 e. The fraction of sp³-hybridized carbons (Fsp3) is 0.636. The van der Waals surface area contributed by atoms with Crippen molar-refractivity contribution >= 4 is 17.5 Å². The highest BCUT2D eigenvalue weighted by Gasteiger charge is 2.31. The summed E-state index contributed by atoms with van der Waals surface area (Å²) in [7, 11) is 0. The molecule has 2 saturated heterocycles. The molecule has 0 bridgehead atoms.